The third-order valence-corrected chi connectivity index (χ3v) is 4.24. The van der Waals surface area contributed by atoms with Crippen molar-refractivity contribution in [3.05, 3.63) is 42.2 Å². The van der Waals surface area contributed by atoms with E-state index in [0.29, 0.717) is 11.6 Å². The van der Waals surface area contributed by atoms with Gasteiger partial charge in [0.2, 0.25) is 5.91 Å². The van der Waals surface area contributed by atoms with Crippen molar-refractivity contribution >= 4 is 17.4 Å². The van der Waals surface area contributed by atoms with Gasteiger partial charge in [-0.25, -0.2) is 0 Å². The average molecular weight is 314 g/mol. The molecule has 1 aliphatic heterocycles. The maximum atomic E-state index is 12.3. The summed E-state index contributed by atoms with van der Waals surface area (Å²) in [4.78, 5) is 16.9. The van der Waals surface area contributed by atoms with Crippen LogP contribution in [0.2, 0.25) is 0 Å². The molecule has 2 aromatic rings. The van der Waals surface area contributed by atoms with Crippen LogP contribution in [0, 0.1) is 6.92 Å². The monoisotopic (exact) mass is 314 g/mol. The van der Waals surface area contributed by atoms with E-state index in [1.807, 2.05) is 13.0 Å². The van der Waals surface area contributed by atoms with E-state index >= 15 is 0 Å². The van der Waals surface area contributed by atoms with Crippen molar-refractivity contribution in [1.29, 1.82) is 0 Å². The second-order valence-electron chi connectivity index (χ2n) is 5.85. The number of carbonyl (C=O) groups is 1. The molecule has 23 heavy (non-hydrogen) atoms. The van der Waals surface area contributed by atoms with Gasteiger partial charge in [0.05, 0.1) is 6.04 Å². The van der Waals surface area contributed by atoms with E-state index in [-0.39, 0.29) is 11.9 Å². The zero-order chi connectivity index (χ0) is 16.2. The van der Waals surface area contributed by atoms with Crippen molar-refractivity contribution in [2.24, 2.45) is 0 Å². The summed E-state index contributed by atoms with van der Waals surface area (Å²) in [6.45, 7) is 7.30. The van der Waals surface area contributed by atoms with E-state index in [2.05, 4.69) is 44.5 Å². The molecule has 1 amide bonds. The van der Waals surface area contributed by atoms with Crippen LogP contribution in [0.5, 0.6) is 0 Å². The quantitative estimate of drug-likeness (QED) is 0.937. The van der Waals surface area contributed by atoms with Gasteiger partial charge in [-0.2, -0.15) is 0 Å². The summed E-state index contributed by atoms with van der Waals surface area (Å²) in [6.07, 6.45) is 0. The average Bonchev–Trinajstić information content (AvgIpc) is 3.00. The molecule has 1 saturated heterocycles. The fraction of sp³-hybridized carbons (Fsp3) is 0.412. The molecule has 0 bridgehead atoms. The Kier molecular flexibility index (Phi) is 4.62. The molecule has 1 fully saturated rings. The Hall–Kier alpha value is -2.34. The number of piperazine rings is 1. The Labute approximate surface area is 136 Å². The van der Waals surface area contributed by atoms with Gasteiger partial charge in [-0.1, -0.05) is 23.4 Å². The lowest BCUT2D eigenvalue weighted by molar-refractivity contribution is -0.120. The van der Waals surface area contributed by atoms with Crippen LogP contribution in [0.25, 0.3) is 0 Å². The van der Waals surface area contributed by atoms with E-state index in [9.17, 15) is 4.79 Å². The van der Waals surface area contributed by atoms with Gasteiger partial charge in [0.1, 0.15) is 5.76 Å². The van der Waals surface area contributed by atoms with Gasteiger partial charge >= 0.3 is 0 Å². The molecule has 0 unspecified atom stereocenters. The lowest BCUT2D eigenvalue weighted by atomic mass is 10.2. The molecular formula is C17H22N4O2. The predicted octanol–water partition coefficient (Wildman–Crippen LogP) is 2.13. The molecule has 3 rings (SSSR count). The number of hydrogen-bond acceptors (Lipinski definition) is 5. The van der Waals surface area contributed by atoms with Crippen LogP contribution >= 0.6 is 0 Å². The van der Waals surface area contributed by atoms with Crippen LogP contribution < -0.4 is 10.2 Å². The topological polar surface area (TPSA) is 61.6 Å². The van der Waals surface area contributed by atoms with Gasteiger partial charge in [-0.15, -0.1) is 0 Å². The first-order chi connectivity index (χ1) is 11.1. The zero-order valence-corrected chi connectivity index (χ0v) is 13.5. The van der Waals surface area contributed by atoms with Crippen molar-refractivity contribution in [2.75, 3.05) is 36.4 Å². The highest BCUT2D eigenvalue weighted by atomic mass is 16.5. The van der Waals surface area contributed by atoms with Crippen LogP contribution in [0.15, 0.2) is 40.9 Å². The van der Waals surface area contributed by atoms with E-state index in [1.54, 1.807) is 13.0 Å². The first kappa shape index (κ1) is 15.6. The fourth-order valence-electron chi connectivity index (χ4n) is 2.83. The number of hydrogen-bond donors (Lipinski definition) is 1. The van der Waals surface area contributed by atoms with Crippen molar-refractivity contribution in [2.45, 2.75) is 19.9 Å². The van der Waals surface area contributed by atoms with Crippen LogP contribution in [0.3, 0.4) is 0 Å². The van der Waals surface area contributed by atoms with Crippen LogP contribution in [-0.4, -0.2) is 48.2 Å². The van der Waals surface area contributed by atoms with Crippen molar-refractivity contribution in [3.63, 3.8) is 0 Å². The minimum absolute atomic E-state index is 0.0496. The number of nitrogens with one attached hydrogen (secondary N) is 1. The highest BCUT2D eigenvalue weighted by Gasteiger charge is 2.26. The molecule has 1 atom stereocenters. The van der Waals surface area contributed by atoms with Gasteiger partial charge in [0.25, 0.3) is 0 Å². The Morgan fingerprint density at radius 1 is 1.22 bits per heavy atom. The molecule has 1 aliphatic rings. The maximum Gasteiger partial charge on any atom is 0.242 e. The maximum absolute atomic E-state index is 12.3. The van der Waals surface area contributed by atoms with Crippen molar-refractivity contribution < 1.29 is 9.32 Å². The Morgan fingerprint density at radius 3 is 2.52 bits per heavy atom. The summed E-state index contributed by atoms with van der Waals surface area (Å²) in [6, 6.07) is 11.9. The molecule has 1 aromatic carbocycles. The fourth-order valence-corrected chi connectivity index (χ4v) is 2.83. The molecule has 0 spiro atoms. The molecule has 0 saturated carbocycles. The Balaban J connectivity index is 1.53. The molecule has 122 valence electrons. The van der Waals surface area contributed by atoms with E-state index < -0.39 is 0 Å². The first-order valence-electron chi connectivity index (χ1n) is 7.92. The number of anilines is 2. The predicted molar refractivity (Wildman–Crippen MR) is 89.6 cm³/mol. The molecule has 6 nitrogen and oxygen atoms in total. The summed E-state index contributed by atoms with van der Waals surface area (Å²) in [5, 5.41) is 6.60. The zero-order valence-electron chi connectivity index (χ0n) is 13.5. The number of nitrogens with zero attached hydrogens (tertiary/aromatic N) is 3. The first-order valence-corrected chi connectivity index (χ1v) is 7.92. The normalized spacial score (nSPS) is 17.0. The number of amides is 1. The summed E-state index contributed by atoms with van der Waals surface area (Å²) in [7, 11) is 0. The minimum atomic E-state index is -0.190. The van der Waals surface area contributed by atoms with E-state index in [0.717, 1.165) is 26.2 Å². The lowest BCUT2D eigenvalue weighted by Crippen LogP contribution is -2.52. The lowest BCUT2D eigenvalue weighted by Gasteiger charge is -2.38. The van der Waals surface area contributed by atoms with Gasteiger partial charge in [-0.05, 0) is 26.0 Å². The number of para-hydroxylation sites is 1. The summed E-state index contributed by atoms with van der Waals surface area (Å²) < 4.78 is 4.97. The van der Waals surface area contributed by atoms with Gasteiger partial charge in [0, 0.05) is 37.9 Å². The van der Waals surface area contributed by atoms with Crippen LogP contribution in [0.4, 0.5) is 11.5 Å². The Bertz CT molecular complexity index is 648. The molecule has 6 heteroatoms. The third kappa shape index (κ3) is 3.71. The molecule has 2 heterocycles. The molecular weight excluding hydrogens is 292 g/mol. The van der Waals surface area contributed by atoms with Crippen molar-refractivity contribution in [1.82, 2.24) is 10.1 Å². The standard InChI is InChI=1S/C17H22N4O2/c1-13-12-16(19-23-13)18-17(22)14(2)20-8-10-21(11-9-20)15-6-4-3-5-7-15/h3-7,12,14H,8-11H2,1-2H3,(H,18,19,22)/t14-/m0/s1. The highest BCUT2D eigenvalue weighted by molar-refractivity contribution is 5.93. The largest absolute Gasteiger partial charge is 0.369 e. The van der Waals surface area contributed by atoms with Gasteiger partial charge in [-0.3, -0.25) is 9.69 Å². The minimum Gasteiger partial charge on any atom is -0.369 e. The molecule has 0 radical (unpaired) electrons. The molecule has 1 aromatic heterocycles. The molecule has 0 aliphatic carbocycles. The van der Waals surface area contributed by atoms with Crippen LogP contribution in [0.1, 0.15) is 12.7 Å². The Morgan fingerprint density at radius 2 is 1.91 bits per heavy atom. The number of aryl methyl sites for hydroxylation is 1. The van der Waals surface area contributed by atoms with Crippen molar-refractivity contribution in [3.8, 4) is 0 Å². The second kappa shape index (κ2) is 6.83. The number of aromatic nitrogens is 1. The third-order valence-electron chi connectivity index (χ3n) is 4.24. The summed E-state index contributed by atoms with van der Waals surface area (Å²) >= 11 is 0. The van der Waals surface area contributed by atoms with E-state index in [4.69, 9.17) is 4.52 Å². The van der Waals surface area contributed by atoms with Crippen LogP contribution in [-0.2, 0) is 4.79 Å². The SMILES string of the molecule is Cc1cc(NC(=O)[C@H](C)N2CCN(c3ccccc3)CC2)no1. The number of benzene rings is 1. The number of rotatable bonds is 4. The summed E-state index contributed by atoms with van der Waals surface area (Å²) in [5.74, 6) is 1.11. The van der Waals surface area contributed by atoms with E-state index in [1.165, 1.54) is 5.69 Å². The van der Waals surface area contributed by atoms with Gasteiger partial charge in [0.15, 0.2) is 5.82 Å². The number of carbonyl (C=O) groups excluding carboxylic acids is 1. The molecule has 1 N–H and O–H groups in total. The summed E-state index contributed by atoms with van der Waals surface area (Å²) in [5.41, 5.74) is 1.24. The van der Waals surface area contributed by atoms with Gasteiger partial charge < -0.3 is 14.7 Å². The second-order valence-corrected chi connectivity index (χ2v) is 5.85. The smallest absolute Gasteiger partial charge is 0.242 e. The highest BCUT2D eigenvalue weighted by Crippen LogP contribution is 2.17.